The molecule has 8 nitrogen and oxygen atoms in total. The monoisotopic (exact) mass is 356 g/mol. The highest BCUT2D eigenvalue weighted by molar-refractivity contribution is 6.12. The molecule has 1 N–H and O–H groups in total. The number of hydrogen-bond donors (Lipinski definition) is 1. The van der Waals surface area contributed by atoms with E-state index < -0.39 is 6.04 Å². The number of hydrogen-bond acceptors (Lipinski definition) is 6. The van der Waals surface area contributed by atoms with Gasteiger partial charge >= 0.3 is 0 Å². The SMILES string of the molecule is C=CN=C(/C=C\C)N1C(=O)c2nccnc2[C@@H]1CC(=O)N(C)CCNC. The number of amides is 2. The predicted octanol–water partition coefficient (Wildman–Crippen LogP) is 1.16. The highest BCUT2D eigenvalue weighted by atomic mass is 16.2. The van der Waals surface area contributed by atoms with Gasteiger partial charge in [-0.2, -0.15) is 0 Å². The van der Waals surface area contributed by atoms with Crippen LogP contribution in [-0.2, 0) is 4.79 Å². The maximum Gasteiger partial charge on any atom is 0.280 e. The minimum atomic E-state index is -0.550. The fourth-order valence-corrected chi connectivity index (χ4v) is 2.74. The summed E-state index contributed by atoms with van der Waals surface area (Å²) in [5.74, 6) is 0.00504. The lowest BCUT2D eigenvalue weighted by atomic mass is 10.1. The van der Waals surface area contributed by atoms with Crippen LogP contribution in [0.2, 0.25) is 0 Å². The van der Waals surface area contributed by atoms with Crippen LogP contribution in [-0.4, -0.2) is 64.6 Å². The third-order valence-electron chi connectivity index (χ3n) is 4.05. The van der Waals surface area contributed by atoms with Crippen LogP contribution in [0.5, 0.6) is 0 Å². The first-order valence-corrected chi connectivity index (χ1v) is 8.39. The molecule has 2 rings (SSSR count). The lowest BCUT2D eigenvalue weighted by Crippen LogP contribution is -2.38. The molecule has 0 fully saturated rings. The summed E-state index contributed by atoms with van der Waals surface area (Å²) in [6.07, 6.45) is 7.94. The molecule has 8 heteroatoms. The fourth-order valence-electron chi connectivity index (χ4n) is 2.74. The normalized spacial score (nSPS) is 16.9. The Morgan fingerprint density at radius 3 is 2.85 bits per heavy atom. The Labute approximate surface area is 153 Å². The molecule has 0 aliphatic carbocycles. The van der Waals surface area contributed by atoms with E-state index in [-0.39, 0.29) is 23.9 Å². The number of nitrogens with zero attached hydrogens (tertiary/aromatic N) is 5. The number of aromatic nitrogens is 2. The molecule has 0 bridgehead atoms. The number of aliphatic imine (C=N–C) groups is 1. The van der Waals surface area contributed by atoms with Gasteiger partial charge in [-0.1, -0.05) is 12.7 Å². The van der Waals surface area contributed by atoms with E-state index in [0.717, 1.165) is 0 Å². The van der Waals surface area contributed by atoms with Crippen molar-refractivity contribution in [2.24, 2.45) is 4.99 Å². The summed E-state index contributed by atoms with van der Waals surface area (Å²) in [6, 6.07) is -0.550. The minimum Gasteiger partial charge on any atom is -0.344 e. The van der Waals surface area contributed by atoms with Crippen molar-refractivity contribution in [3.8, 4) is 0 Å². The Morgan fingerprint density at radius 1 is 1.46 bits per heavy atom. The second kappa shape index (κ2) is 9.00. The first-order valence-electron chi connectivity index (χ1n) is 8.39. The summed E-state index contributed by atoms with van der Waals surface area (Å²) in [4.78, 5) is 41.2. The van der Waals surface area contributed by atoms with Crippen molar-refractivity contribution in [3.63, 3.8) is 0 Å². The lowest BCUT2D eigenvalue weighted by Gasteiger charge is -2.26. The molecule has 2 amide bonds. The van der Waals surface area contributed by atoms with Crippen molar-refractivity contribution in [1.29, 1.82) is 0 Å². The van der Waals surface area contributed by atoms with Gasteiger partial charge in [-0.15, -0.1) is 0 Å². The summed E-state index contributed by atoms with van der Waals surface area (Å²) < 4.78 is 0. The molecule has 26 heavy (non-hydrogen) atoms. The number of likely N-dealkylation sites (N-methyl/N-ethyl adjacent to an activating group) is 2. The van der Waals surface area contributed by atoms with Crippen molar-refractivity contribution >= 4 is 17.6 Å². The van der Waals surface area contributed by atoms with Gasteiger partial charge in [-0.05, 0) is 20.0 Å². The van der Waals surface area contributed by atoms with Gasteiger partial charge in [0, 0.05) is 38.7 Å². The minimum absolute atomic E-state index is 0.0833. The van der Waals surface area contributed by atoms with E-state index in [1.807, 2.05) is 14.0 Å². The van der Waals surface area contributed by atoms with Crippen LogP contribution in [0.1, 0.15) is 35.6 Å². The van der Waals surface area contributed by atoms with Gasteiger partial charge < -0.3 is 10.2 Å². The molecule has 0 saturated carbocycles. The summed E-state index contributed by atoms with van der Waals surface area (Å²) >= 11 is 0. The molecule has 1 aliphatic heterocycles. The third-order valence-corrected chi connectivity index (χ3v) is 4.05. The second-order valence-electron chi connectivity index (χ2n) is 5.77. The maximum absolute atomic E-state index is 12.9. The van der Waals surface area contributed by atoms with E-state index in [1.165, 1.54) is 23.5 Å². The van der Waals surface area contributed by atoms with E-state index in [2.05, 4.69) is 26.9 Å². The maximum atomic E-state index is 12.9. The van der Waals surface area contributed by atoms with Crippen LogP contribution in [0, 0.1) is 0 Å². The van der Waals surface area contributed by atoms with Gasteiger partial charge in [-0.25, -0.2) is 9.98 Å². The van der Waals surface area contributed by atoms with Gasteiger partial charge in [0.15, 0.2) is 5.69 Å². The van der Waals surface area contributed by atoms with Crippen LogP contribution >= 0.6 is 0 Å². The molecule has 2 heterocycles. The first-order chi connectivity index (χ1) is 12.5. The molecule has 1 aromatic heterocycles. The van der Waals surface area contributed by atoms with E-state index in [4.69, 9.17) is 0 Å². The summed E-state index contributed by atoms with van der Waals surface area (Å²) in [5.41, 5.74) is 0.749. The molecular formula is C18H24N6O2. The Balaban J connectivity index is 2.37. The van der Waals surface area contributed by atoms with Crippen LogP contribution in [0.3, 0.4) is 0 Å². The highest BCUT2D eigenvalue weighted by Gasteiger charge is 2.42. The molecular weight excluding hydrogens is 332 g/mol. The molecule has 0 radical (unpaired) electrons. The second-order valence-corrected chi connectivity index (χ2v) is 5.77. The number of carbonyl (C=O) groups is 2. The molecule has 1 atom stereocenters. The van der Waals surface area contributed by atoms with Crippen molar-refractivity contribution in [2.75, 3.05) is 27.2 Å². The summed E-state index contributed by atoms with van der Waals surface area (Å²) in [6.45, 7) is 6.69. The molecule has 0 aromatic carbocycles. The van der Waals surface area contributed by atoms with Crippen molar-refractivity contribution in [3.05, 3.63) is 48.7 Å². The zero-order chi connectivity index (χ0) is 19.1. The number of fused-ring (bicyclic) bond motifs is 1. The van der Waals surface area contributed by atoms with Crippen LogP contribution in [0.15, 0.2) is 42.3 Å². The third kappa shape index (κ3) is 4.02. The van der Waals surface area contributed by atoms with E-state index >= 15 is 0 Å². The molecule has 0 spiro atoms. The van der Waals surface area contributed by atoms with Crippen molar-refractivity contribution in [2.45, 2.75) is 19.4 Å². The number of carbonyl (C=O) groups excluding carboxylic acids is 2. The standard InChI is InChI=1S/C18H24N6O2/c1-5-7-14(20-6-2)24-13(12-15(25)23(4)11-10-19-3)16-17(18(24)26)22-9-8-21-16/h5-9,13,19H,2,10-12H2,1,3-4H3/b7-5-,20-14?/t13-/m0/s1. The molecule has 1 aliphatic rings. The number of nitrogens with one attached hydrogen (secondary N) is 1. The Hall–Kier alpha value is -2.87. The van der Waals surface area contributed by atoms with Gasteiger partial charge in [0.1, 0.15) is 5.84 Å². The van der Waals surface area contributed by atoms with Gasteiger partial charge in [0.05, 0.1) is 18.2 Å². The Kier molecular flexibility index (Phi) is 6.74. The fraction of sp³-hybridized carbons (Fsp3) is 0.389. The molecule has 1 aromatic rings. The van der Waals surface area contributed by atoms with Crippen LogP contribution in [0.25, 0.3) is 0 Å². The summed E-state index contributed by atoms with van der Waals surface area (Å²) in [5, 5.41) is 3.01. The average Bonchev–Trinajstić information content (AvgIpc) is 2.92. The quantitative estimate of drug-likeness (QED) is 0.585. The summed E-state index contributed by atoms with van der Waals surface area (Å²) in [7, 11) is 3.57. The van der Waals surface area contributed by atoms with Gasteiger partial charge in [0.2, 0.25) is 5.91 Å². The van der Waals surface area contributed by atoms with E-state index in [0.29, 0.717) is 24.6 Å². The van der Waals surface area contributed by atoms with Crippen molar-refractivity contribution < 1.29 is 9.59 Å². The number of allylic oxidation sites excluding steroid dienone is 1. The Morgan fingerprint density at radius 2 is 2.19 bits per heavy atom. The smallest absolute Gasteiger partial charge is 0.280 e. The molecule has 0 unspecified atom stereocenters. The Bertz CT molecular complexity index is 743. The highest BCUT2D eigenvalue weighted by Crippen LogP contribution is 2.34. The van der Waals surface area contributed by atoms with E-state index in [1.54, 1.807) is 24.1 Å². The zero-order valence-electron chi connectivity index (χ0n) is 15.3. The van der Waals surface area contributed by atoms with Crippen LogP contribution in [0.4, 0.5) is 0 Å². The first kappa shape index (κ1) is 19.5. The molecule has 138 valence electrons. The number of amidine groups is 1. The molecule has 0 saturated heterocycles. The van der Waals surface area contributed by atoms with Gasteiger partial charge in [-0.3, -0.25) is 19.5 Å². The topological polar surface area (TPSA) is 90.8 Å². The van der Waals surface area contributed by atoms with E-state index in [9.17, 15) is 9.59 Å². The van der Waals surface area contributed by atoms with Crippen LogP contribution < -0.4 is 5.32 Å². The van der Waals surface area contributed by atoms with Crippen molar-refractivity contribution in [1.82, 2.24) is 25.1 Å². The number of rotatable bonds is 7. The lowest BCUT2D eigenvalue weighted by molar-refractivity contribution is -0.130. The predicted molar refractivity (Wildman–Crippen MR) is 99.6 cm³/mol. The van der Waals surface area contributed by atoms with Gasteiger partial charge in [0.25, 0.3) is 5.91 Å². The zero-order valence-corrected chi connectivity index (χ0v) is 15.3. The largest absolute Gasteiger partial charge is 0.344 e. The average molecular weight is 356 g/mol.